The lowest BCUT2D eigenvalue weighted by Crippen LogP contribution is -2.52. The second-order valence-electron chi connectivity index (χ2n) is 7.75. The molecule has 0 heterocycles. The van der Waals surface area contributed by atoms with Gasteiger partial charge < -0.3 is 10.2 Å². The van der Waals surface area contributed by atoms with Gasteiger partial charge in [0.15, 0.2) is 0 Å². The zero-order valence-electron chi connectivity index (χ0n) is 19.4. The largest absolute Gasteiger partial charge is 0.354 e. The van der Waals surface area contributed by atoms with Crippen molar-refractivity contribution in [1.82, 2.24) is 14.5 Å². The summed E-state index contributed by atoms with van der Waals surface area (Å²) in [4.78, 5) is 27.6. The molecule has 10 heteroatoms. The van der Waals surface area contributed by atoms with Gasteiger partial charge in [0, 0.05) is 32.2 Å². The Balaban J connectivity index is 2.39. The molecule has 0 saturated heterocycles. The SMILES string of the molecule is CCCNC(=O)C(C)N(Cc1ccc(Cl)cc1)C(=O)CN(c1ccccc1)S(=O)(=O)N(C)C. The average molecular weight is 495 g/mol. The number of rotatable bonds is 11. The van der Waals surface area contributed by atoms with E-state index in [-0.39, 0.29) is 12.5 Å². The Hall–Kier alpha value is -2.62. The maximum atomic E-state index is 13.5. The number of carbonyl (C=O) groups excluding carboxylic acids is 2. The molecule has 0 aliphatic carbocycles. The van der Waals surface area contributed by atoms with Crippen LogP contribution >= 0.6 is 11.6 Å². The summed E-state index contributed by atoms with van der Waals surface area (Å²) in [6.45, 7) is 3.72. The van der Waals surface area contributed by atoms with E-state index < -0.39 is 28.7 Å². The molecule has 180 valence electrons. The Labute approximate surface area is 201 Å². The smallest absolute Gasteiger partial charge is 0.304 e. The maximum Gasteiger partial charge on any atom is 0.304 e. The third-order valence-corrected chi connectivity index (χ3v) is 7.12. The number of benzene rings is 2. The van der Waals surface area contributed by atoms with Crippen molar-refractivity contribution >= 4 is 39.3 Å². The second-order valence-corrected chi connectivity index (χ2v) is 10.3. The Morgan fingerprint density at radius 2 is 1.64 bits per heavy atom. The van der Waals surface area contributed by atoms with Gasteiger partial charge in [-0.25, -0.2) is 4.31 Å². The van der Waals surface area contributed by atoms with Crippen LogP contribution in [0.5, 0.6) is 0 Å². The van der Waals surface area contributed by atoms with Gasteiger partial charge in [0.2, 0.25) is 11.8 Å². The van der Waals surface area contributed by atoms with Crippen molar-refractivity contribution in [2.75, 3.05) is 31.5 Å². The molecule has 1 atom stereocenters. The number of nitrogens with zero attached hydrogens (tertiary/aromatic N) is 3. The molecular weight excluding hydrogens is 464 g/mol. The minimum atomic E-state index is -3.96. The Morgan fingerprint density at radius 1 is 1.03 bits per heavy atom. The van der Waals surface area contributed by atoms with Crippen molar-refractivity contribution in [2.24, 2.45) is 0 Å². The van der Waals surface area contributed by atoms with E-state index in [1.165, 1.54) is 19.0 Å². The second kappa shape index (κ2) is 12.0. The minimum Gasteiger partial charge on any atom is -0.354 e. The third kappa shape index (κ3) is 7.18. The number of halogens is 1. The standard InChI is InChI=1S/C23H31ClN4O4S/c1-5-15-25-23(30)18(2)27(16-19-11-13-20(24)14-12-19)22(29)17-28(33(31,32)26(3)4)21-9-7-6-8-10-21/h6-14,18H,5,15-17H2,1-4H3,(H,25,30). The fourth-order valence-corrected chi connectivity index (χ4v) is 4.26. The zero-order chi connectivity index (χ0) is 24.6. The van der Waals surface area contributed by atoms with E-state index >= 15 is 0 Å². The van der Waals surface area contributed by atoms with E-state index in [0.29, 0.717) is 17.3 Å². The first-order chi connectivity index (χ1) is 15.6. The van der Waals surface area contributed by atoms with Crippen LogP contribution in [-0.4, -0.2) is 62.7 Å². The highest BCUT2D eigenvalue weighted by atomic mass is 35.5. The van der Waals surface area contributed by atoms with Crippen molar-refractivity contribution < 1.29 is 18.0 Å². The molecule has 2 rings (SSSR count). The molecule has 1 N–H and O–H groups in total. The highest BCUT2D eigenvalue weighted by Gasteiger charge is 2.32. The van der Waals surface area contributed by atoms with Crippen LogP contribution < -0.4 is 9.62 Å². The maximum absolute atomic E-state index is 13.5. The number of amides is 2. The normalized spacial score (nSPS) is 12.3. The van der Waals surface area contributed by atoms with E-state index in [4.69, 9.17) is 11.6 Å². The van der Waals surface area contributed by atoms with E-state index in [1.807, 2.05) is 6.92 Å². The van der Waals surface area contributed by atoms with E-state index in [1.54, 1.807) is 61.5 Å². The summed E-state index contributed by atoms with van der Waals surface area (Å²) < 4.78 is 28.1. The molecule has 0 aliphatic heterocycles. The first-order valence-electron chi connectivity index (χ1n) is 10.6. The van der Waals surface area contributed by atoms with Gasteiger partial charge in [-0.1, -0.05) is 48.9 Å². The molecule has 33 heavy (non-hydrogen) atoms. The molecule has 8 nitrogen and oxygen atoms in total. The van der Waals surface area contributed by atoms with Crippen molar-refractivity contribution in [3.05, 3.63) is 65.2 Å². The number of nitrogens with one attached hydrogen (secondary N) is 1. The van der Waals surface area contributed by atoms with Gasteiger partial charge >= 0.3 is 10.2 Å². The van der Waals surface area contributed by atoms with Crippen molar-refractivity contribution in [1.29, 1.82) is 0 Å². The summed E-state index contributed by atoms with van der Waals surface area (Å²) in [5, 5.41) is 3.36. The summed E-state index contributed by atoms with van der Waals surface area (Å²) in [7, 11) is -1.15. The lowest BCUT2D eigenvalue weighted by molar-refractivity contribution is -0.139. The van der Waals surface area contributed by atoms with Crippen LogP contribution in [0, 0.1) is 0 Å². The predicted molar refractivity (Wildman–Crippen MR) is 131 cm³/mol. The van der Waals surface area contributed by atoms with E-state index in [0.717, 1.165) is 20.6 Å². The van der Waals surface area contributed by atoms with Crippen molar-refractivity contribution in [2.45, 2.75) is 32.9 Å². The Morgan fingerprint density at radius 3 is 2.18 bits per heavy atom. The molecule has 2 amide bonds. The first kappa shape index (κ1) is 26.6. The highest BCUT2D eigenvalue weighted by molar-refractivity contribution is 7.90. The lowest BCUT2D eigenvalue weighted by atomic mass is 10.1. The Kier molecular flexibility index (Phi) is 9.70. The molecule has 0 bridgehead atoms. The molecule has 1 unspecified atom stereocenters. The minimum absolute atomic E-state index is 0.126. The molecule has 0 saturated carbocycles. The van der Waals surface area contributed by atoms with Gasteiger partial charge in [0.05, 0.1) is 5.69 Å². The molecule has 2 aromatic rings. The van der Waals surface area contributed by atoms with Crippen LogP contribution in [0.2, 0.25) is 5.02 Å². The fraction of sp³-hybridized carbons (Fsp3) is 0.391. The van der Waals surface area contributed by atoms with Crippen LogP contribution in [0.1, 0.15) is 25.8 Å². The van der Waals surface area contributed by atoms with Gasteiger partial charge in [-0.3, -0.25) is 9.59 Å². The van der Waals surface area contributed by atoms with Crippen LogP contribution in [0.3, 0.4) is 0 Å². The van der Waals surface area contributed by atoms with Crippen LogP contribution in [0.15, 0.2) is 54.6 Å². The quantitative estimate of drug-likeness (QED) is 0.520. The summed E-state index contributed by atoms with van der Waals surface area (Å²) in [6, 6.07) is 14.5. The van der Waals surface area contributed by atoms with Crippen LogP contribution in [-0.2, 0) is 26.3 Å². The highest BCUT2D eigenvalue weighted by Crippen LogP contribution is 2.20. The van der Waals surface area contributed by atoms with E-state index in [9.17, 15) is 18.0 Å². The van der Waals surface area contributed by atoms with Gasteiger partial charge in [-0.2, -0.15) is 12.7 Å². The number of carbonyl (C=O) groups is 2. The summed E-state index contributed by atoms with van der Waals surface area (Å²) in [6.07, 6.45) is 0.756. The third-order valence-electron chi connectivity index (χ3n) is 5.05. The van der Waals surface area contributed by atoms with Crippen molar-refractivity contribution in [3.63, 3.8) is 0 Å². The number of para-hydroxylation sites is 1. The molecule has 0 radical (unpaired) electrons. The lowest BCUT2D eigenvalue weighted by Gasteiger charge is -2.32. The fourth-order valence-electron chi connectivity index (χ4n) is 3.08. The summed E-state index contributed by atoms with van der Waals surface area (Å²) in [5.41, 5.74) is 1.12. The molecular formula is C23H31ClN4O4S. The Bertz CT molecular complexity index is 1030. The molecule has 0 aromatic heterocycles. The summed E-state index contributed by atoms with van der Waals surface area (Å²) >= 11 is 5.97. The molecule has 0 spiro atoms. The molecule has 2 aromatic carbocycles. The first-order valence-corrected chi connectivity index (χ1v) is 12.4. The van der Waals surface area contributed by atoms with Crippen molar-refractivity contribution in [3.8, 4) is 0 Å². The monoisotopic (exact) mass is 494 g/mol. The summed E-state index contributed by atoms with van der Waals surface area (Å²) in [5.74, 6) is -0.806. The molecule has 0 aliphatic rings. The predicted octanol–water partition coefficient (Wildman–Crippen LogP) is 2.90. The average Bonchev–Trinajstić information content (AvgIpc) is 2.80. The van der Waals surface area contributed by atoms with Gasteiger partial charge in [-0.05, 0) is 43.2 Å². The van der Waals surface area contributed by atoms with Gasteiger partial charge in [0.25, 0.3) is 0 Å². The van der Waals surface area contributed by atoms with E-state index in [2.05, 4.69) is 5.32 Å². The number of hydrogen-bond acceptors (Lipinski definition) is 4. The van der Waals surface area contributed by atoms with Gasteiger partial charge in [-0.15, -0.1) is 0 Å². The zero-order valence-corrected chi connectivity index (χ0v) is 20.9. The number of anilines is 1. The van der Waals surface area contributed by atoms with Crippen LogP contribution in [0.25, 0.3) is 0 Å². The topological polar surface area (TPSA) is 90.0 Å². The molecule has 0 fully saturated rings. The number of hydrogen-bond donors (Lipinski definition) is 1. The van der Waals surface area contributed by atoms with Gasteiger partial charge in [0.1, 0.15) is 12.6 Å². The van der Waals surface area contributed by atoms with Crippen LogP contribution in [0.4, 0.5) is 5.69 Å².